The molecule has 2 aromatic carbocycles. The first-order valence-corrected chi connectivity index (χ1v) is 9.45. The van der Waals surface area contributed by atoms with Crippen molar-refractivity contribution >= 4 is 22.4 Å². The number of benzene rings is 2. The van der Waals surface area contributed by atoms with Gasteiger partial charge >= 0.3 is 5.97 Å². The summed E-state index contributed by atoms with van der Waals surface area (Å²) in [5.41, 5.74) is 5.23. The van der Waals surface area contributed by atoms with E-state index in [1.54, 1.807) is 12.3 Å². The fraction of sp³-hybridized carbons (Fsp3) is 0.261. The number of aromatic hydroxyl groups is 1. The number of nitrogens with zero attached hydrogens (tertiary/aromatic N) is 2. The van der Waals surface area contributed by atoms with Crippen molar-refractivity contribution in [2.75, 3.05) is 20.1 Å². The summed E-state index contributed by atoms with van der Waals surface area (Å²) >= 11 is 0. The molecule has 2 N–H and O–H groups in total. The Morgan fingerprint density at radius 3 is 2.57 bits per heavy atom. The zero-order chi connectivity index (χ0) is 19.8. The number of carbonyl (C=O) groups is 1. The molecule has 0 fully saturated rings. The molecule has 28 heavy (non-hydrogen) atoms. The molecule has 0 unspecified atom stereocenters. The van der Waals surface area contributed by atoms with Crippen molar-refractivity contribution in [1.82, 2.24) is 9.47 Å². The number of fused-ring (bicyclic) bond motifs is 1. The molecular weight excluding hydrogens is 352 g/mol. The van der Waals surface area contributed by atoms with Crippen molar-refractivity contribution in [2.45, 2.75) is 19.9 Å². The molecule has 0 bridgehead atoms. The monoisotopic (exact) mass is 376 g/mol. The third-order valence-corrected chi connectivity index (χ3v) is 5.46. The minimum Gasteiger partial charge on any atom is -0.507 e. The summed E-state index contributed by atoms with van der Waals surface area (Å²) in [4.78, 5) is 14.0. The van der Waals surface area contributed by atoms with E-state index < -0.39 is 5.97 Å². The first kappa shape index (κ1) is 18.3. The zero-order valence-corrected chi connectivity index (χ0v) is 16.1. The lowest BCUT2D eigenvalue weighted by Crippen LogP contribution is -2.23. The minimum absolute atomic E-state index is 0.138. The second-order valence-electron chi connectivity index (χ2n) is 7.59. The Labute approximate surface area is 164 Å². The van der Waals surface area contributed by atoms with E-state index in [-0.39, 0.29) is 11.3 Å². The standard InChI is InChI=1S/C23H24N2O3/c1-15-3-5-16(6-4-15)13-25-14-20(23(27)28)19-12-22(26)18(11-21(19)25)17-7-9-24(2)10-8-17/h3-7,11-12,14,26H,8-10,13H2,1-2H3,(H,27,28). The number of rotatable bonds is 4. The second-order valence-corrected chi connectivity index (χ2v) is 7.59. The van der Waals surface area contributed by atoms with Crippen molar-refractivity contribution in [3.05, 3.63) is 70.9 Å². The Morgan fingerprint density at radius 1 is 1.18 bits per heavy atom. The zero-order valence-electron chi connectivity index (χ0n) is 16.1. The summed E-state index contributed by atoms with van der Waals surface area (Å²) < 4.78 is 1.96. The Hall–Kier alpha value is -3.05. The van der Waals surface area contributed by atoms with Gasteiger partial charge in [-0.25, -0.2) is 4.79 Å². The van der Waals surface area contributed by atoms with Gasteiger partial charge in [-0.05, 0) is 43.7 Å². The van der Waals surface area contributed by atoms with E-state index in [0.29, 0.717) is 11.9 Å². The van der Waals surface area contributed by atoms with E-state index >= 15 is 0 Å². The van der Waals surface area contributed by atoms with Crippen molar-refractivity contribution in [1.29, 1.82) is 0 Å². The maximum absolute atomic E-state index is 11.7. The van der Waals surface area contributed by atoms with E-state index in [1.807, 2.05) is 17.6 Å². The topological polar surface area (TPSA) is 65.7 Å². The van der Waals surface area contributed by atoms with Gasteiger partial charge in [-0.15, -0.1) is 0 Å². The quantitative estimate of drug-likeness (QED) is 0.719. The van der Waals surface area contributed by atoms with Gasteiger partial charge in [0, 0.05) is 36.8 Å². The van der Waals surface area contributed by atoms with Gasteiger partial charge in [-0.3, -0.25) is 0 Å². The first-order valence-electron chi connectivity index (χ1n) is 9.45. The Balaban J connectivity index is 1.83. The highest BCUT2D eigenvalue weighted by Crippen LogP contribution is 2.35. The third kappa shape index (κ3) is 3.41. The van der Waals surface area contributed by atoms with Gasteiger partial charge in [-0.2, -0.15) is 0 Å². The van der Waals surface area contributed by atoms with Crippen LogP contribution < -0.4 is 0 Å². The molecule has 0 saturated heterocycles. The van der Waals surface area contributed by atoms with Crippen LogP contribution in [0.25, 0.3) is 16.5 Å². The number of hydrogen-bond acceptors (Lipinski definition) is 3. The second kappa shape index (κ2) is 7.17. The number of likely N-dealkylation sites (N-methyl/N-ethyl adjacent to an activating group) is 1. The van der Waals surface area contributed by atoms with Crippen LogP contribution in [0.5, 0.6) is 5.75 Å². The molecule has 144 valence electrons. The lowest BCUT2D eigenvalue weighted by molar-refractivity contribution is 0.0699. The Bertz CT molecular complexity index is 1080. The minimum atomic E-state index is -0.988. The molecule has 0 radical (unpaired) electrons. The van der Waals surface area contributed by atoms with Gasteiger partial charge in [0.1, 0.15) is 5.75 Å². The maximum Gasteiger partial charge on any atom is 0.337 e. The molecule has 3 aromatic rings. The highest BCUT2D eigenvalue weighted by molar-refractivity contribution is 6.05. The van der Waals surface area contributed by atoms with Crippen molar-refractivity contribution in [3.8, 4) is 5.75 Å². The summed E-state index contributed by atoms with van der Waals surface area (Å²) in [6.45, 7) is 4.41. The summed E-state index contributed by atoms with van der Waals surface area (Å²) in [7, 11) is 2.07. The highest BCUT2D eigenvalue weighted by Gasteiger charge is 2.19. The van der Waals surface area contributed by atoms with E-state index in [9.17, 15) is 15.0 Å². The number of phenolic OH excluding ortho intramolecular Hbond substituents is 1. The van der Waals surface area contributed by atoms with E-state index in [4.69, 9.17) is 0 Å². The van der Waals surface area contributed by atoms with Crippen LogP contribution in [0.2, 0.25) is 0 Å². The summed E-state index contributed by atoms with van der Waals surface area (Å²) in [6.07, 6.45) is 4.66. The molecule has 5 nitrogen and oxygen atoms in total. The molecule has 4 rings (SSSR count). The lowest BCUT2D eigenvalue weighted by Gasteiger charge is -2.22. The van der Waals surface area contributed by atoms with E-state index in [1.165, 1.54) is 5.56 Å². The number of aryl methyl sites for hydroxylation is 1. The first-order chi connectivity index (χ1) is 13.4. The number of aromatic carboxylic acids is 1. The molecule has 1 aliphatic rings. The van der Waals surface area contributed by atoms with Gasteiger partial charge in [0.2, 0.25) is 0 Å². The number of aromatic nitrogens is 1. The molecule has 0 saturated carbocycles. The Morgan fingerprint density at radius 2 is 1.93 bits per heavy atom. The summed E-state index contributed by atoms with van der Waals surface area (Å²) in [6, 6.07) is 11.8. The molecule has 0 aliphatic carbocycles. The van der Waals surface area contributed by atoms with E-state index in [0.717, 1.165) is 41.7 Å². The van der Waals surface area contributed by atoms with Crippen LogP contribution in [0.1, 0.15) is 33.5 Å². The molecule has 5 heteroatoms. The number of carboxylic acids is 1. The van der Waals surface area contributed by atoms with Gasteiger partial charge in [0.15, 0.2) is 0 Å². The van der Waals surface area contributed by atoms with Crippen LogP contribution in [-0.4, -0.2) is 45.8 Å². The molecular formula is C23H24N2O3. The average molecular weight is 376 g/mol. The molecule has 1 aliphatic heterocycles. The molecule has 0 amide bonds. The number of carboxylic acid groups (broad SMARTS) is 1. The van der Waals surface area contributed by atoms with Crippen LogP contribution in [0.15, 0.2) is 48.7 Å². The fourth-order valence-electron chi connectivity index (χ4n) is 3.79. The van der Waals surface area contributed by atoms with Crippen molar-refractivity contribution in [2.24, 2.45) is 0 Å². The smallest absolute Gasteiger partial charge is 0.337 e. The van der Waals surface area contributed by atoms with Gasteiger partial charge < -0.3 is 19.7 Å². The van der Waals surface area contributed by atoms with Crippen LogP contribution in [0, 0.1) is 6.92 Å². The molecule has 2 heterocycles. The highest BCUT2D eigenvalue weighted by atomic mass is 16.4. The predicted molar refractivity (Wildman–Crippen MR) is 111 cm³/mol. The van der Waals surface area contributed by atoms with Crippen molar-refractivity contribution in [3.63, 3.8) is 0 Å². The van der Waals surface area contributed by atoms with Gasteiger partial charge in [0.05, 0.1) is 11.1 Å². The molecule has 1 aromatic heterocycles. The van der Waals surface area contributed by atoms with Gasteiger partial charge in [0.25, 0.3) is 0 Å². The van der Waals surface area contributed by atoms with Gasteiger partial charge in [-0.1, -0.05) is 35.9 Å². The fourth-order valence-corrected chi connectivity index (χ4v) is 3.79. The average Bonchev–Trinajstić information content (AvgIpc) is 3.01. The van der Waals surface area contributed by atoms with Crippen LogP contribution >= 0.6 is 0 Å². The van der Waals surface area contributed by atoms with Crippen LogP contribution in [0.3, 0.4) is 0 Å². The lowest BCUT2D eigenvalue weighted by atomic mass is 9.97. The summed E-state index contributed by atoms with van der Waals surface area (Å²) in [5, 5.41) is 20.8. The SMILES string of the molecule is Cc1ccc(Cn2cc(C(=O)O)c3cc(O)c(C4=CCN(C)CC4)cc32)cc1. The maximum atomic E-state index is 11.7. The summed E-state index contributed by atoms with van der Waals surface area (Å²) in [5.74, 6) is -0.850. The van der Waals surface area contributed by atoms with Crippen LogP contribution in [0.4, 0.5) is 0 Å². The predicted octanol–water partition coefficient (Wildman–Crippen LogP) is 4.12. The molecule has 0 atom stereocenters. The Kier molecular flexibility index (Phi) is 4.69. The van der Waals surface area contributed by atoms with Crippen molar-refractivity contribution < 1.29 is 15.0 Å². The normalized spacial score (nSPS) is 15.0. The number of phenols is 1. The third-order valence-electron chi connectivity index (χ3n) is 5.46. The van der Waals surface area contributed by atoms with E-state index in [2.05, 4.69) is 42.3 Å². The largest absolute Gasteiger partial charge is 0.507 e. The molecule has 0 spiro atoms. The van der Waals surface area contributed by atoms with Crippen LogP contribution in [-0.2, 0) is 6.54 Å². The number of hydrogen-bond donors (Lipinski definition) is 2.